The van der Waals surface area contributed by atoms with Gasteiger partial charge in [0.05, 0.1) is 12.0 Å². The fourth-order valence-electron chi connectivity index (χ4n) is 3.81. The molecule has 0 atom stereocenters. The lowest BCUT2D eigenvalue weighted by Crippen LogP contribution is -2.33. The fraction of sp³-hybridized carbons (Fsp3) is 0.500. The molecular weight excluding hydrogens is 564 g/mol. The van der Waals surface area contributed by atoms with Crippen molar-refractivity contribution in [3.63, 3.8) is 0 Å². The number of hydrogen-bond acceptors (Lipinski definition) is 12. The van der Waals surface area contributed by atoms with Gasteiger partial charge in [-0.05, 0) is 45.7 Å². The van der Waals surface area contributed by atoms with Crippen molar-refractivity contribution in [2.24, 2.45) is 0 Å². The molecule has 218 valence electrons. The molecule has 16 heteroatoms. The maximum Gasteiger partial charge on any atom is 0.345 e. The molecule has 3 aromatic rings. The van der Waals surface area contributed by atoms with Gasteiger partial charge in [-0.15, -0.1) is 0 Å². The molecule has 0 bridgehead atoms. The van der Waals surface area contributed by atoms with E-state index in [2.05, 4.69) is 14.1 Å². The highest BCUT2D eigenvalue weighted by molar-refractivity contribution is 7.89. The molecule has 0 aliphatic carbocycles. The number of para-hydroxylation sites is 1. The second-order valence-corrected chi connectivity index (χ2v) is 12.2. The van der Waals surface area contributed by atoms with E-state index in [0.29, 0.717) is 36.7 Å². The Bertz CT molecular complexity index is 1460. The van der Waals surface area contributed by atoms with E-state index in [-0.39, 0.29) is 13.1 Å². The Morgan fingerprint density at radius 2 is 1.93 bits per heavy atom. The molecule has 0 spiro atoms. The van der Waals surface area contributed by atoms with Gasteiger partial charge < -0.3 is 14.4 Å². The van der Waals surface area contributed by atoms with Crippen LogP contribution in [0.5, 0.6) is 0 Å². The molecule has 14 nitrogen and oxygen atoms in total. The lowest BCUT2D eigenvalue weighted by Gasteiger charge is -2.21. The molecule has 0 radical (unpaired) electrons. The van der Waals surface area contributed by atoms with E-state index in [9.17, 15) is 28.1 Å². The molecule has 0 unspecified atom stereocenters. The van der Waals surface area contributed by atoms with Gasteiger partial charge in [-0.3, -0.25) is 19.3 Å². The van der Waals surface area contributed by atoms with Crippen LogP contribution >= 0.6 is 11.5 Å². The Kier molecular flexibility index (Phi) is 10.2. The number of fused-ring (bicyclic) bond motifs is 1. The summed E-state index contributed by atoms with van der Waals surface area (Å²) < 4.78 is 44.4. The average molecular weight is 597 g/mol. The molecule has 40 heavy (non-hydrogen) atoms. The van der Waals surface area contributed by atoms with Crippen molar-refractivity contribution in [2.75, 3.05) is 31.6 Å². The minimum absolute atomic E-state index is 0.0223. The van der Waals surface area contributed by atoms with Crippen molar-refractivity contribution in [2.45, 2.75) is 57.0 Å². The quantitative estimate of drug-likeness (QED) is 0.125. The van der Waals surface area contributed by atoms with E-state index in [4.69, 9.17) is 9.47 Å². The highest BCUT2D eigenvalue weighted by atomic mass is 32.2. The summed E-state index contributed by atoms with van der Waals surface area (Å²) in [6.45, 7) is 5.40. The third-order valence-corrected chi connectivity index (χ3v) is 7.81. The van der Waals surface area contributed by atoms with Gasteiger partial charge >= 0.3 is 17.6 Å². The van der Waals surface area contributed by atoms with Crippen LogP contribution in [0.3, 0.4) is 0 Å². The number of nitro groups is 1. The zero-order chi connectivity index (χ0) is 29.5. The van der Waals surface area contributed by atoms with Crippen molar-refractivity contribution < 1.29 is 32.4 Å². The summed E-state index contributed by atoms with van der Waals surface area (Å²) in [4.78, 5) is 41.4. The summed E-state index contributed by atoms with van der Waals surface area (Å²) in [6, 6.07) is 3.51. The first-order valence-corrected chi connectivity index (χ1v) is 14.7. The van der Waals surface area contributed by atoms with E-state index in [0.717, 1.165) is 18.6 Å². The van der Waals surface area contributed by atoms with E-state index in [1.807, 2.05) is 0 Å². The van der Waals surface area contributed by atoms with Crippen LogP contribution in [0.25, 0.3) is 4.96 Å². The van der Waals surface area contributed by atoms with Gasteiger partial charge in [0, 0.05) is 37.0 Å². The number of rotatable bonds is 14. The van der Waals surface area contributed by atoms with Gasteiger partial charge in [-0.2, -0.15) is 4.37 Å². The van der Waals surface area contributed by atoms with Crippen LogP contribution < -0.4 is 9.62 Å². The van der Waals surface area contributed by atoms with Gasteiger partial charge in [0.1, 0.15) is 17.7 Å². The summed E-state index contributed by atoms with van der Waals surface area (Å²) in [7, 11) is -2.96. The van der Waals surface area contributed by atoms with Crippen molar-refractivity contribution in [1.29, 1.82) is 0 Å². The third kappa shape index (κ3) is 7.95. The Morgan fingerprint density at radius 1 is 1.20 bits per heavy atom. The maximum atomic E-state index is 12.9. The monoisotopic (exact) mass is 596 g/mol. The molecule has 2 heterocycles. The number of unbranched alkanes of at least 4 members (excludes halogenated alkanes) is 3. The van der Waals surface area contributed by atoms with Gasteiger partial charge in [-0.1, -0.05) is 18.9 Å². The highest BCUT2D eigenvalue weighted by Gasteiger charge is 2.33. The summed E-state index contributed by atoms with van der Waals surface area (Å²) >= 11 is 1.22. The number of nitro benzene ring substituents is 1. The number of anilines is 1. The minimum atomic E-state index is -4.28. The fourth-order valence-corrected chi connectivity index (χ4v) is 5.78. The first kappa shape index (κ1) is 30.9. The molecule has 0 amide bonds. The number of imidazole rings is 1. The molecule has 1 N–H and O–H groups in total. The lowest BCUT2D eigenvalue weighted by molar-refractivity contribution is -0.388. The first-order valence-electron chi connectivity index (χ1n) is 12.4. The molecule has 0 saturated heterocycles. The van der Waals surface area contributed by atoms with Crippen molar-refractivity contribution in [3.05, 3.63) is 46.3 Å². The first-order chi connectivity index (χ1) is 18.8. The number of methoxy groups -OCH3 is 1. The van der Waals surface area contributed by atoms with E-state index in [1.54, 1.807) is 42.5 Å². The number of benzene rings is 1. The van der Waals surface area contributed by atoms with Crippen molar-refractivity contribution in [1.82, 2.24) is 18.5 Å². The number of esters is 2. The molecule has 0 aliphatic rings. The Hall–Kier alpha value is -3.63. The van der Waals surface area contributed by atoms with Gasteiger partial charge in [0.2, 0.25) is 20.9 Å². The second-order valence-electron chi connectivity index (χ2n) is 9.78. The van der Waals surface area contributed by atoms with Crippen molar-refractivity contribution >= 4 is 50.1 Å². The predicted octanol–water partition coefficient (Wildman–Crippen LogP) is 3.17. The van der Waals surface area contributed by atoms with Crippen LogP contribution in [0.15, 0.2) is 35.5 Å². The molecule has 0 fully saturated rings. The van der Waals surface area contributed by atoms with Crippen LogP contribution in [0.4, 0.5) is 11.6 Å². The van der Waals surface area contributed by atoms with E-state index < -0.39 is 48.6 Å². The molecule has 0 aliphatic heterocycles. The van der Waals surface area contributed by atoms with Gasteiger partial charge in [-0.25, -0.2) is 22.9 Å². The summed E-state index contributed by atoms with van der Waals surface area (Å²) in [6.07, 6.45) is 5.96. The van der Waals surface area contributed by atoms with Crippen LogP contribution in [0.1, 0.15) is 56.8 Å². The molecule has 2 aromatic heterocycles. The Labute approximate surface area is 235 Å². The second kappa shape index (κ2) is 13.1. The summed E-state index contributed by atoms with van der Waals surface area (Å²) in [5.74, 6) is -0.796. The minimum Gasteiger partial charge on any atom is -0.468 e. The zero-order valence-corrected chi connectivity index (χ0v) is 24.3. The van der Waals surface area contributed by atoms with Crippen LogP contribution in [0.2, 0.25) is 0 Å². The van der Waals surface area contributed by atoms with Crippen LogP contribution in [-0.2, 0) is 24.3 Å². The number of aromatic nitrogens is 3. The largest absolute Gasteiger partial charge is 0.468 e. The molecule has 1 aromatic carbocycles. The molecule has 3 rings (SSSR count). The van der Waals surface area contributed by atoms with Gasteiger partial charge in [0.15, 0.2) is 4.90 Å². The number of ether oxygens (including phenoxy) is 2. The zero-order valence-electron chi connectivity index (χ0n) is 22.7. The van der Waals surface area contributed by atoms with Crippen molar-refractivity contribution in [3.8, 4) is 0 Å². The standard InChI is InChI=1S/C24H32N6O8S2/c1-24(2,3)38-21(32)17-10-9-11-18(20(17)30(33)34)40(35,36)26-12-7-5-6-8-14-28(16-19(31)37-4)22-27-39-23-25-13-15-29(22)23/h9-11,13,15,26H,5-8,12,14,16H2,1-4H3. The highest BCUT2D eigenvalue weighted by Crippen LogP contribution is 2.29. The normalized spacial score (nSPS) is 11.9. The predicted molar refractivity (Wildman–Crippen MR) is 147 cm³/mol. The summed E-state index contributed by atoms with van der Waals surface area (Å²) in [5.41, 5.74) is -2.18. The number of carbonyl (C=O) groups is 2. The van der Waals surface area contributed by atoms with E-state index >= 15 is 0 Å². The maximum absolute atomic E-state index is 12.9. The lowest BCUT2D eigenvalue weighted by atomic mass is 10.1. The third-order valence-electron chi connectivity index (χ3n) is 5.60. The van der Waals surface area contributed by atoms with Crippen LogP contribution in [0, 0.1) is 10.1 Å². The topological polar surface area (TPSA) is 175 Å². The molecule has 0 saturated carbocycles. The Morgan fingerprint density at radius 3 is 2.60 bits per heavy atom. The average Bonchev–Trinajstić information content (AvgIpc) is 3.50. The number of sulfonamides is 1. The van der Waals surface area contributed by atoms with Crippen LogP contribution in [-0.4, -0.2) is 71.4 Å². The number of nitrogens with one attached hydrogen (secondary N) is 1. The summed E-state index contributed by atoms with van der Waals surface area (Å²) in [5, 5.41) is 11.8. The number of nitrogens with zero attached hydrogens (tertiary/aromatic N) is 5. The number of hydrogen-bond donors (Lipinski definition) is 1. The molecular formula is C24H32N6O8S2. The Balaban J connectivity index is 1.56. The smallest absolute Gasteiger partial charge is 0.345 e. The van der Waals surface area contributed by atoms with E-state index in [1.165, 1.54) is 24.7 Å². The SMILES string of the molecule is COC(=O)CN(CCCCCCNS(=O)(=O)c1cccc(C(=O)OC(C)(C)C)c1[N+](=O)[O-])c1nsc2nccn12. The van der Waals surface area contributed by atoms with Gasteiger partial charge in [0.25, 0.3) is 0 Å². The number of carbonyl (C=O) groups excluding carboxylic acids is 2.